The van der Waals surface area contributed by atoms with Gasteiger partial charge in [-0.3, -0.25) is 0 Å². The molecule has 0 bridgehead atoms. The summed E-state index contributed by atoms with van der Waals surface area (Å²) in [6, 6.07) is 1.73. The van der Waals surface area contributed by atoms with Crippen molar-refractivity contribution in [3.8, 4) is 0 Å². The van der Waals surface area contributed by atoms with E-state index in [-0.39, 0.29) is 0 Å². The van der Waals surface area contributed by atoms with E-state index >= 15 is 0 Å². The Kier molecular flexibility index (Phi) is 3.89. The Balaban J connectivity index is 1.50. The Morgan fingerprint density at radius 2 is 2.04 bits per heavy atom. The summed E-state index contributed by atoms with van der Waals surface area (Å²) in [6.07, 6.45) is 12.3. The molecule has 4 rings (SSSR count). The zero-order chi connectivity index (χ0) is 15.6. The third kappa shape index (κ3) is 3.02. The summed E-state index contributed by atoms with van der Waals surface area (Å²) in [5.41, 5.74) is 5.80. The fourth-order valence-corrected chi connectivity index (χ4v) is 3.67. The summed E-state index contributed by atoms with van der Waals surface area (Å²) >= 11 is 0. The van der Waals surface area contributed by atoms with E-state index < -0.39 is 0 Å². The number of hydrogen-bond acceptors (Lipinski definition) is 5. The molecule has 2 N–H and O–H groups in total. The fourth-order valence-electron chi connectivity index (χ4n) is 3.67. The number of aromatic nitrogens is 4. The van der Waals surface area contributed by atoms with Crippen molar-refractivity contribution in [2.45, 2.75) is 44.6 Å². The number of anilines is 2. The Morgan fingerprint density at radius 3 is 2.83 bits per heavy atom. The molecule has 2 aromatic rings. The molecule has 0 amide bonds. The van der Waals surface area contributed by atoms with Crippen LogP contribution in [0.1, 0.15) is 43.8 Å². The van der Waals surface area contributed by atoms with Gasteiger partial charge in [0, 0.05) is 44.1 Å². The highest BCUT2D eigenvalue weighted by atomic mass is 15.3. The molecule has 0 spiro atoms. The second-order valence-corrected chi connectivity index (χ2v) is 6.80. The molecule has 2 aromatic heterocycles. The molecule has 1 atom stereocenters. The highest BCUT2D eigenvalue weighted by Crippen LogP contribution is 2.31. The average molecular weight is 312 g/mol. The molecule has 1 aliphatic carbocycles. The Hall–Kier alpha value is -2.11. The predicted octanol–water partition coefficient (Wildman–Crippen LogP) is 2.44. The summed E-state index contributed by atoms with van der Waals surface area (Å²) in [4.78, 5) is 15.7. The van der Waals surface area contributed by atoms with Crippen molar-refractivity contribution in [3.05, 3.63) is 30.5 Å². The van der Waals surface area contributed by atoms with Crippen molar-refractivity contribution >= 4 is 11.8 Å². The lowest BCUT2D eigenvalue weighted by Crippen LogP contribution is -2.36. The van der Waals surface area contributed by atoms with Gasteiger partial charge in [-0.15, -0.1) is 0 Å². The van der Waals surface area contributed by atoms with Crippen LogP contribution >= 0.6 is 0 Å². The third-order valence-electron chi connectivity index (χ3n) is 5.16. The molecule has 23 heavy (non-hydrogen) atoms. The zero-order valence-corrected chi connectivity index (χ0v) is 13.4. The van der Waals surface area contributed by atoms with Crippen LogP contribution in [0.2, 0.25) is 0 Å². The minimum Gasteiger partial charge on any atom is -0.384 e. The maximum Gasteiger partial charge on any atom is 0.227 e. The van der Waals surface area contributed by atoms with Gasteiger partial charge in [-0.25, -0.2) is 9.97 Å². The van der Waals surface area contributed by atoms with Gasteiger partial charge >= 0.3 is 0 Å². The molecule has 1 aliphatic heterocycles. The van der Waals surface area contributed by atoms with Gasteiger partial charge in [0.2, 0.25) is 5.95 Å². The first kappa shape index (κ1) is 14.5. The van der Waals surface area contributed by atoms with E-state index in [9.17, 15) is 0 Å². The highest BCUT2D eigenvalue weighted by Gasteiger charge is 2.27. The van der Waals surface area contributed by atoms with E-state index in [4.69, 9.17) is 5.73 Å². The van der Waals surface area contributed by atoms with E-state index in [0.717, 1.165) is 37.9 Å². The summed E-state index contributed by atoms with van der Waals surface area (Å²) in [5.74, 6) is 3.80. The Labute approximate surface area is 136 Å². The topological polar surface area (TPSA) is 72.9 Å². The zero-order valence-electron chi connectivity index (χ0n) is 13.4. The van der Waals surface area contributed by atoms with Gasteiger partial charge in [0.25, 0.3) is 0 Å². The van der Waals surface area contributed by atoms with Crippen LogP contribution in [0.5, 0.6) is 0 Å². The van der Waals surface area contributed by atoms with Crippen LogP contribution in [0.15, 0.2) is 24.7 Å². The van der Waals surface area contributed by atoms with E-state index in [0.29, 0.717) is 11.7 Å². The maximum atomic E-state index is 5.80. The number of rotatable bonds is 4. The highest BCUT2D eigenvalue weighted by molar-refractivity contribution is 5.38. The van der Waals surface area contributed by atoms with Crippen molar-refractivity contribution in [2.24, 2.45) is 5.92 Å². The van der Waals surface area contributed by atoms with Crippen molar-refractivity contribution in [1.82, 2.24) is 19.5 Å². The van der Waals surface area contributed by atoms with Crippen LogP contribution in [0, 0.1) is 5.92 Å². The molecule has 1 saturated heterocycles. The van der Waals surface area contributed by atoms with Gasteiger partial charge in [0.05, 0.1) is 0 Å². The molecule has 0 aromatic carbocycles. The predicted molar refractivity (Wildman–Crippen MR) is 90.2 cm³/mol. The molecule has 6 nitrogen and oxygen atoms in total. The van der Waals surface area contributed by atoms with Gasteiger partial charge in [-0.05, 0) is 37.7 Å². The molecule has 3 heterocycles. The first-order chi connectivity index (χ1) is 11.3. The minimum absolute atomic E-state index is 0.448. The molecule has 2 aliphatic rings. The van der Waals surface area contributed by atoms with E-state index in [1.165, 1.54) is 31.5 Å². The second kappa shape index (κ2) is 6.18. The molecular weight excluding hydrogens is 288 g/mol. The van der Waals surface area contributed by atoms with Crippen LogP contribution in [0.4, 0.5) is 11.8 Å². The van der Waals surface area contributed by atoms with Crippen molar-refractivity contribution in [1.29, 1.82) is 0 Å². The number of nitrogen functional groups attached to an aromatic ring is 1. The number of imidazole rings is 1. The third-order valence-corrected chi connectivity index (χ3v) is 5.16. The summed E-state index contributed by atoms with van der Waals surface area (Å²) in [6.45, 7) is 3.04. The summed E-state index contributed by atoms with van der Waals surface area (Å²) in [7, 11) is 0. The molecule has 0 unspecified atom stereocenters. The molecular formula is C17H24N6. The summed E-state index contributed by atoms with van der Waals surface area (Å²) < 4.78 is 2.37. The van der Waals surface area contributed by atoms with Crippen LogP contribution in [-0.4, -0.2) is 32.6 Å². The van der Waals surface area contributed by atoms with Gasteiger partial charge in [0.15, 0.2) is 0 Å². The number of nitrogens with two attached hydrogens (primary N) is 1. The van der Waals surface area contributed by atoms with Crippen molar-refractivity contribution in [3.63, 3.8) is 0 Å². The quantitative estimate of drug-likeness (QED) is 0.938. The number of piperidine rings is 1. The lowest BCUT2D eigenvalue weighted by molar-refractivity contribution is 0.270. The standard InChI is InChI=1S/C17H24N6/c18-15-6-7-20-17(21-15)23-9-2-5-14(12-23)16-19-8-10-22(16)11-13-3-1-4-13/h6-8,10,13-14H,1-5,9,11-12H2,(H2,18,20,21)/t14-/m0/s1. The lowest BCUT2D eigenvalue weighted by Gasteiger charge is -2.33. The van der Waals surface area contributed by atoms with Gasteiger partial charge in [0.1, 0.15) is 11.6 Å². The largest absolute Gasteiger partial charge is 0.384 e. The van der Waals surface area contributed by atoms with Crippen LogP contribution < -0.4 is 10.6 Å². The SMILES string of the molecule is Nc1ccnc(N2CCC[C@H](c3nccn3CC3CCC3)C2)n1. The van der Waals surface area contributed by atoms with Crippen LogP contribution in [0.3, 0.4) is 0 Å². The normalized spacial score (nSPS) is 22.1. The monoisotopic (exact) mass is 312 g/mol. The van der Waals surface area contributed by atoms with Crippen molar-refractivity contribution < 1.29 is 0 Å². The maximum absolute atomic E-state index is 5.80. The first-order valence-electron chi connectivity index (χ1n) is 8.64. The lowest BCUT2D eigenvalue weighted by atomic mass is 9.85. The van der Waals surface area contributed by atoms with E-state index in [1.54, 1.807) is 12.3 Å². The molecule has 2 fully saturated rings. The van der Waals surface area contributed by atoms with Crippen LogP contribution in [-0.2, 0) is 6.54 Å². The number of nitrogens with zero attached hydrogens (tertiary/aromatic N) is 5. The second-order valence-electron chi connectivity index (χ2n) is 6.80. The number of hydrogen-bond donors (Lipinski definition) is 1. The Morgan fingerprint density at radius 1 is 1.13 bits per heavy atom. The van der Waals surface area contributed by atoms with Crippen LogP contribution in [0.25, 0.3) is 0 Å². The minimum atomic E-state index is 0.448. The molecule has 122 valence electrons. The van der Waals surface area contributed by atoms with E-state index in [1.807, 2.05) is 6.20 Å². The summed E-state index contributed by atoms with van der Waals surface area (Å²) in [5, 5.41) is 0. The van der Waals surface area contributed by atoms with Gasteiger partial charge < -0.3 is 15.2 Å². The first-order valence-corrected chi connectivity index (χ1v) is 8.64. The average Bonchev–Trinajstić information content (AvgIpc) is 2.99. The molecule has 6 heteroatoms. The molecule has 0 radical (unpaired) electrons. The Bertz CT molecular complexity index is 663. The van der Waals surface area contributed by atoms with E-state index in [2.05, 4.69) is 30.6 Å². The van der Waals surface area contributed by atoms with Gasteiger partial charge in [-0.2, -0.15) is 4.98 Å². The van der Waals surface area contributed by atoms with Crippen molar-refractivity contribution in [2.75, 3.05) is 23.7 Å². The van der Waals surface area contributed by atoms with Gasteiger partial charge in [-0.1, -0.05) is 6.42 Å². The smallest absolute Gasteiger partial charge is 0.227 e. The molecule has 1 saturated carbocycles. The fraction of sp³-hybridized carbons (Fsp3) is 0.588.